The number of hydrogen-bond acceptors (Lipinski definition) is 6. The highest BCUT2D eigenvalue weighted by molar-refractivity contribution is 7.80. The molecule has 3 rings (SSSR count). The van der Waals surface area contributed by atoms with Gasteiger partial charge in [0.2, 0.25) is 0 Å². The number of halogens is 1. The van der Waals surface area contributed by atoms with Crippen LogP contribution in [0.5, 0.6) is 23.0 Å². The maximum atomic E-state index is 14.4. The van der Waals surface area contributed by atoms with E-state index in [4.69, 9.17) is 14.2 Å². The molecular weight excluding hydrogens is 439 g/mol. The summed E-state index contributed by atoms with van der Waals surface area (Å²) in [6, 6.07) is 10.1. The predicted molar refractivity (Wildman–Crippen MR) is 136 cm³/mol. The minimum Gasteiger partial charge on any atom is -0.493 e. The van der Waals surface area contributed by atoms with Crippen molar-refractivity contribution < 1.29 is 18.6 Å². The number of benzene rings is 2. The summed E-state index contributed by atoms with van der Waals surface area (Å²) in [4.78, 5) is 4.44. The van der Waals surface area contributed by atoms with Crippen LogP contribution in [-0.2, 0) is 0 Å². The number of thiol groups is 1. The SMILES string of the molecule is CNc1ccc(Oc2ccnc3cc(OCCCCCCCCCS)c(OC)cc23)c(F)c1. The molecule has 0 aliphatic heterocycles. The molecule has 0 fully saturated rings. The molecule has 2 aromatic carbocycles. The number of pyridine rings is 1. The number of fused-ring (bicyclic) bond motifs is 1. The van der Waals surface area contributed by atoms with Crippen molar-refractivity contribution in [2.45, 2.75) is 44.9 Å². The Hall–Kier alpha value is -2.67. The van der Waals surface area contributed by atoms with Crippen molar-refractivity contribution in [3.63, 3.8) is 0 Å². The van der Waals surface area contributed by atoms with E-state index in [-0.39, 0.29) is 5.75 Å². The summed E-state index contributed by atoms with van der Waals surface area (Å²) in [6.45, 7) is 0.623. The van der Waals surface area contributed by atoms with Crippen LogP contribution in [0.25, 0.3) is 10.9 Å². The van der Waals surface area contributed by atoms with E-state index in [1.807, 2.05) is 12.1 Å². The lowest BCUT2D eigenvalue weighted by Gasteiger charge is -2.14. The summed E-state index contributed by atoms with van der Waals surface area (Å²) in [5.74, 6) is 2.42. The second-order valence-corrected chi connectivity index (χ2v) is 8.32. The minimum atomic E-state index is -0.444. The van der Waals surface area contributed by atoms with Gasteiger partial charge in [0.1, 0.15) is 5.75 Å². The third kappa shape index (κ3) is 7.16. The smallest absolute Gasteiger partial charge is 0.167 e. The van der Waals surface area contributed by atoms with Gasteiger partial charge in [0.15, 0.2) is 23.1 Å². The summed E-state index contributed by atoms with van der Waals surface area (Å²) in [5.41, 5.74) is 1.37. The Labute approximate surface area is 201 Å². The summed E-state index contributed by atoms with van der Waals surface area (Å²) < 4.78 is 31.8. The fourth-order valence-electron chi connectivity index (χ4n) is 3.63. The summed E-state index contributed by atoms with van der Waals surface area (Å²) in [6.07, 6.45) is 10.0. The molecule has 178 valence electrons. The number of ether oxygens (including phenoxy) is 3. The van der Waals surface area contributed by atoms with E-state index in [1.54, 1.807) is 38.6 Å². The third-order valence-electron chi connectivity index (χ3n) is 5.49. The average molecular weight is 473 g/mol. The topological polar surface area (TPSA) is 52.6 Å². The largest absolute Gasteiger partial charge is 0.493 e. The van der Waals surface area contributed by atoms with Crippen LogP contribution in [0.2, 0.25) is 0 Å². The Kier molecular flexibility index (Phi) is 9.94. The second-order valence-electron chi connectivity index (χ2n) is 7.87. The number of methoxy groups -OCH3 is 1. The van der Waals surface area contributed by atoms with Gasteiger partial charge in [0, 0.05) is 36.5 Å². The summed E-state index contributed by atoms with van der Waals surface area (Å²) in [7, 11) is 3.34. The van der Waals surface area contributed by atoms with Gasteiger partial charge in [-0.1, -0.05) is 32.1 Å². The van der Waals surface area contributed by atoms with Gasteiger partial charge in [-0.25, -0.2) is 4.39 Å². The summed E-state index contributed by atoms with van der Waals surface area (Å²) >= 11 is 4.25. The third-order valence-corrected chi connectivity index (χ3v) is 5.80. The molecule has 0 atom stereocenters. The highest BCUT2D eigenvalue weighted by Crippen LogP contribution is 2.37. The first-order valence-corrected chi connectivity index (χ1v) is 12.1. The molecule has 0 saturated carbocycles. The Morgan fingerprint density at radius 1 is 0.879 bits per heavy atom. The average Bonchev–Trinajstić information content (AvgIpc) is 2.83. The number of hydrogen-bond donors (Lipinski definition) is 2. The van der Waals surface area contributed by atoms with Crippen LogP contribution in [-0.4, -0.2) is 31.5 Å². The molecule has 7 heteroatoms. The van der Waals surface area contributed by atoms with Crippen LogP contribution in [0.15, 0.2) is 42.6 Å². The van der Waals surface area contributed by atoms with E-state index in [9.17, 15) is 4.39 Å². The van der Waals surface area contributed by atoms with Crippen molar-refractivity contribution in [3.05, 3.63) is 48.4 Å². The molecule has 3 aromatic rings. The van der Waals surface area contributed by atoms with Crippen LogP contribution in [0, 0.1) is 5.82 Å². The monoisotopic (exact) mass is 472 g/mol. The number of nitrogens with zero attached hydrogens (tertiary/aromatic N) is 1. The van der Waals surface area contributed by atoms with Gasteiger partial charge in [-0.3, -0.25) is 4.98 Å². The van der Waals surface area contributed by atoms with Crippen molar-refractivity contribution in [1.82, 2.24) is 4.98 Å². The Balaban J connectivity index is 1.65. The molecule has 0 radical (unpaired) electrons. The van der Waals surface area contributed by atoms with Crippen LogP contribution < -0.4 is 19.5 Å². The van der Waals surface area contributed by atoms with Crippen molar-refractivity contribution in [2.75, 3.05) is 31.8 Å². The van der Waals surface area contributed by atoms with E-state index in [0.29, 0.717) is 35.1 Å². The number of nitrogens with one attached hydrogen (secondary N) is 1. The van der Waals surface area contributed by atoms with Crippen molar-refractivity contribution >= 4 is 29.2 Å². The second kappa shape index (κ2) is 13.1. The molecule has 33 heavy (non-hydrogen) atoms. The lowest BCUT2D eigenvalue weighted by molar-refractivity contribution is 0.285. The van der Waals surface area contributed by atoms with Crippen LogP contribution in [0.3, 0.4) is 0 Å². The molecule has 0 amide bonds. The molecular formula is C26H33FN2O3S. The zero-order chi connectivity index (χ0) is 23.5. The normalized spacial score (nSPS) is 10.9. The van der Waals surface area contributed by atoms with Crippen LogP contribution >= 0.6 is 12.6 Å². The van der Waals surface area contributed by atoms with E-state index < -0.39 is 5.82 Å². The van der Waals surface area contributed by atoms with Gasteiger partial charge in [-0.15, -0.1) is 0 Å². The van der Waals surface area contributed by atoms with Gasteiger partial charge in [0.05, 0.1) is 19.2 Å². The van der Waals surface area contributed by atoms with E-state index >= 15 is 0 Å². The van der Waals surface area contributed by atoms with E-state index in [1.165, 1.54) is 38.2 Å². The van der Waals surface area contributed by atoms with Gasteiger partial charge >= 0.3 is 0 Å². The molecule has 5 nitrogen and oxygen atoms in total. The van der Waals surface area contributed by atoms with E-state index in [0.717, 1.165) is 24.0 Å². The zero-order valence-corrected chi connectivity index (χ0v) is 20.3. The molecule has 1 heterocycles. The summed E-state index contributed by atoms with van der Waals surface area (Å²) in [5, 5.41) is 3.63. The van der Waals surface area contributed by atoms with Gasteiger partial charge < -0.3 is 19.5 Å². The highest BCUT2D eigenvalue weighted by atomic mass is 32.1. The molecule has 0 spiro atoms. The highest BCUT2D eigenvalue weighted by Gasteiger charge is 2.13. The standard InChI is InChI=1S/C26H33FN2O3S/c1-28-19-10-11-24(21(27)16-19)32-23-12-13-29-22-18-26(25(30-2)17-20(22)23)31-14-8-6-4-3-5-7-9-15-33/h10-13,16-18,28,33H,3-9,14-15H2,1-2H3. The van der Waals surface area contributed by atoms with E-state index in [2.05, 4.69) is 22.9 Å². The number of unbranched alkanes of at least 4 members (excludes halogenated alkanes) is 6. The van der Waals surface area contributed by atoms with Crippen LogP contribution in [0.4, 0.5) is 10.1 Å². The predicted octanol–water partition coefficient (Wildman–Crippen LogP) is 7.26. The Morgan fingerprint density at radius 3 is 2.33 bits per heavy atom. The molecule has 1 aromatic heterocycles. The fraction of sp³-hybridized carbons (Fsp3) is 0.423. The molecule has 0 unspecified atom stereocenters. The van der Waals surface area contributed by atoms with Crippen LogP contribution in [0.1, 0.15) is 44.9 Å². The maximum Gasteiger partial charge on any atom is 0.167 e. The lowest BCUT2D eigenvalue weighted by atomic mass is 10.1. The van der Waals surface area contributed by atoms with Crippen molar-refractivity contribution in [3.8, 4) is 23.0 Å². The number of aromatic nitrogens is 1. The lowest BCUT2D eigenvalue weighted by Crippen LogP contribution is -2.00. The van der Waals surface area contributed by atoms with Gasteiger partial charge in [-0.2, -0.15) is 12.6 Å². The molecule has 0 aliphatic carbocycles. The number of rotatable bonds is 14. The molecule has 1 N–H and O–H groups in total. The van der Waals surface area contributed by atoms with Crippen molar-refractivity contribution in [1.29, 1.82) is 0 Å². The molecule has 0 bridgehead atoms. The van der Waals surface area contributed by atoms with Crippen molar-refractivity contribution in [2.24, 2.45) is 0 Å². The minimum absolute atomic E-state index is 0.145. The quantitative estimate of drug-likeness (QED) is 0.191. The first-order valence-electron chi connectivity index (χ1n) is 11.5. The molecule has 0 aliphatic rings. The first-order chi connectivity index (χ1) is 16.2. The first kappa shape index (κ1) is 25.0. The fourth-order valence-corrected chi connectivity index (χ4v) is 3.85. The Bertz CT molecular complexity index is 1030. The Morgan fingerprint density at radius 2 is 1.64 bits per heavy atom. The number of anilines is 1. The van der Waals surface area contributed by atoms with Gasteiger partial charge in [0.25, 0.3) is 0 Å². The maximum absolute atomic E-state index is 14.4. The molecule has 0 saturated heterocycles. The van der Waals surface area contributed by atoms with Gasteiger partial charge in [-0.05, 0) is 42.9 Å². The zero-order valence-electron chi connectivity index (χ0n) is 19.4.